The van der Waals surface area contributed by atoms with Crippen LogP contribution in [0.5, 0.6) is 0 Å². The number of rotatable bonds is 5. The van der Waals surface area contributed by atoms with Gasteiger partial charge in [0.2, 0.25) is 0 Å². The fourth-order valence-electron chi connectivity index (χ4n) is 9.18. The molecule has 4 aliphatic carbocycles. The molecule has 1 unspecified atom stereocenters. The standard InChI is InChI=1S/C28H49NO5/c1-16(7-10-24(32)33-26(2,3)4)19-8-9-20-25-21(15-23(31)28(19,20)6)27(5)12-11-18(34-29)13-17(27)14-22(25)30/h16-23,25,30-31H,7-15,29H2,1-6H3/t16-,17+,18+,19-,20?,21+,22-,23+,25+,27+,28-/m1/s1. The van der Waals surface area contributed by atoms with E-state index in [1.165, 1.54) is 0 Å². The van der Waals surface area contributed by atoms with E-state index in [2.05, 4.69) is 20.8 Å². The van der Waals surface area contributed by atoms with Gasteiger partial charge >= 0.3 is 5.97 Å². The molecule has 0 bridgehead atoms. The summed E-state index contributed by atoms with van der Waals surface area (Å²) in [5.74, 6) is 7.38. The third-order valence-electron chi connectivity index (χ3n) is 10.9. The van der Waals surface area contributed by atoms with E-state index in [1.54, 1.807) is 0 Å². The maximum Gasteiger partial charge on any atom is 0.306 e. The molecule has 196 valence electrons. The number of hydrogen-bond acceptors (Lipinski definition) is 6. The predicted molar refractivity (Wildman–Crippen MR) is 131 cm³/mol. The number of nitrogens with two attached hydrogens (primary N) is 1. The van der Waals surface area contributed by atoms with Gasteiger partial charge in [0, 0.05) is 6.42 Å². The van der Waals surface area contributed by atoms with Gasteiger partial charge in [-0.1, -0.05) is 20.8 Å². The van der Waals surface area contributed by atoms with E-state index >= 15 is 0 Å². The third-order valence-corrected chi connectivity index (χ3v) is 10.9. The van der Waals surface area contributed by atoms with Crippen molar-refractivity contribution in [3.63, 3.8) is 0 Å². The molecule has 4 N–H and O–H groups in total. The Bertz CT molecular complexity index is 752. The second-order valence-corrected chi connectivity index (χ2v) is 13.7. The molecule has 0 radical (unpaired) electrons. The van der Waals surface area contributed by atoms with Crippen LogP contribution in [0.25, 0.3) is 0 Å². The summed E-state index contributed by atoms with van der Waals surface area (Å²) in [7, 11) is 0. The predicted octanol–water partition coefficient (Wildman–Crippen LogP) is 4.60. The highest BCUT2D eigenvalue weighted by molar-refractivity contribution is 5.69. The first-order valence-electron chi connectivity index (χ1n) is 13.7. The molecule has 4 rings (SSSR count). The minimum atomic E-state index is -0.458. The summed E-state index contributed by atoms with van der Waals surface area (Å²) in [6.07, 6.45) is 7.23. The SMILES string of the molecule is C[C@H](CCC(=O)OC(C)(C)C)[C@H]1CCC2[C@@H]3[C@H](O)C[C@@H]4C[C@@H](ON)CC[C@]4(C)[C@H]3C[C@H](O)[C@@]21C. The van der Waals surface area contributed by atoms with Crippen molar-refractivity contribution in [2.45, 2.75) is 123 Å². The molecular formula is C28H49NO5. The molecule has 4 saturated carbocycles. The molecule has 6 heteroatoms. The lowest BCUT2D eigenvalue weighted by molar-refractivity contribution is -0.209. The molecule has 11 atom stereocenters. The van der Waals surface area contributed by atoms with Gasteiger partial charge < -0.3 is 19.8 Å². The van der Waals surface area contributed by atoms with Crippen LogP contribution < -0.4 is 5.90 Å². The van der Waals surface area contributed by atoms with Gasteiger partial charge in [-0.2, -0.15) is 0 Å². The van der Waals surface area contributed by atoms with Crippen molar-refractivity contribution < 1.29 is 24.6 Å². The topological polar surface area (TPSA) is 102 Å². The van der Waals surface area contributed by atoms with Crippen molar-refractivity contribution >= 4 is 5.97 Å². The number of hydrogen-bond donors (Lipinski definition) is 3. The number of fused-ring (bicyclic) bond motifs is 5. The second-order valence-electron chi connectivity index (χ2n) is 13.7. The van der Waals surface area contributed by atoms with Crippen molar-refractivity contribution in [3.8, 4) is 0 Å². The number of aliphatic hydroxyl groups excluding tert-OH is 2. The molecule has 4 aliphatic rings. The van der Waals surface area contributed by atoms with Gasteiger partial charge in [-0.3, -0.25) is 4.79 Å². The Labute approximate surface area is 206 Å². The average molecular weight is 480 g/mol. The Morgan fingerprint density at radius 1 is 1.09 bits per heavy atom. The molecular weight excluding hydrogens is 430 g/mol. The third kappa shape index (κ3) is 4.46. The maximum absolute atomic E-state index is 12.3. The molecule has 0 heterocycles. The lowest BCUT2D eigenvalue weighted by atomic mass is 9.43. The quantitative estimate of drug-likeness (QED) is 0.393. The minimum absolute atomic E-state index is 0.0855. The smallest absolute Gasteiger partial charge is 0.306 e. The van der Waals surface area contributed by atoms with Crippen LogP contribution in [-0.2, 0) is 14.4 Å². The van der Waals surface area contributed by atoms with E-state index in [4.69, 9.17) is 15.5 Å². The van der Waals surface area contributed by atoms with Crippen molar-refractivity contribution in [1.82, 2.24) is 0 Å². The zero-order valence-corrected chi connectivity index (χ0v) is 22.3. The van der Waals surface area contributed by atoms with E-state index in [1.807, 2.05) is 20.8 Å². The zero-order valence-electron chi connectivity index (χ0n) is 22.3. The van der Waals surface area contributed by atoms with Gasteiger partial charge in [-0.05, 0) is 118 Å². The molecule has 0 amide bonds. The summed E-state index contributed by atoms with van der Waals surface area (Å²) in [6, 6.07) is 0. The van der Waals surface area contributed by atoms with Crippen LogP contribution in [0.3, 0.4) is 0 Å². The van der Waals surface area contributed by atoms with Gasteiger partial charge in [0.1, 0.15) is 5.60 Å². The lowest BCUT2D eigenvalue weighted by Gasteiger charge is -2.63. The van der Waals surface area contributed by atoms with Gasteiger partial charge in [-0.25, -0.2) is 5.90 Å². The Morgan fingerprint density at radius 3 is 2.44 bits per heavy atom. The highest BCUT2D eigenvalue weighted by Gasteiger charge is 2.65. The number of aliphatic hydroxyl groups is 2. The second kappa shape index (κ2) is 9.32. The fourth-order valence-corrected chi connectivity index (χ4v) is 9.18. The van der Waals surface area contributed by atoms with Crippen LogP contribution in [0, 0.1) is 46.3 Å². The average Bonchev–Trinajstić information content (AvgIpc) is 3.10. The Kier molecular flexibility index (Phi) is 7.23. The molecule has 0 saturated heterocycles. The first-order valence-corrected chi connectivity index (χ1v) is 13.7. The highest BCUT2D eigenvalue weighted by atomic mass is 16.6. The largest absolute Gasteiger partial charge is 0.460 e. The summed E-state index contributed by atoms with van der Waals surface area (Å²) < 4.78 is 5.53. The Morgan fingerprint density at radius 2 is 1.79 bits per heavy atom. The normalized spacial score (nSPS) is 47.3. The molecule has 34 heavy (non-hydrogen) atoms. The van der Waals surface area contributed by atoms with Crippen LogP contribution in [0.15, 0.2) is 0 Å². The van der Waals surface area contributed by atoms with E-state index in [-0.39, 0.29) is 41.0 Å². The number of ether oxygens (including phenoxy) is 1. The number of esters is 1. The molecule has 0 aliphatic heterocycles. The lowest BCUT2D eigenvalue weighted by Crippen LogP contribution is -2.62. The molecule has 0 aromatic carbocycles. The number of carbonyl (C=O) groups excluding carboxylic acids is 1. The van der Waals surface area contributed by atoms with E-state index in [9.17, 15) is 15.0 Å². The van der Waals surface area contributed by atoms with Crippen molar-refractivity contribution in [1.29, 1.82) is 0 Å². The highest BCUT2D eigenvalue weighted by Crippen LogP contribution is 2.68. The van der Waals surface area contributed by atoms with Gasteiger partial charge in [0.05, 0.1) is 18.3 Å². The summed E-state index contributed by atoms with van der Waals surface area (Å²) in [4.78, 5) is 17.5. The zero-order chi connectivity index (χ0) is 25.1. The first kappa shape index (κ1) is 26.4. The maximum atomic E-state index is 12.3. The monoisotopic (exact) mass is 479 g/mol. The molecule has 4 fully saturated rings. The molecule has 0 aromatic rings. The Hall–Kier alpha value is -0.690. The van der Waals surface area contributed by atoms with Crippen LogP contribution >= 0.6 is 0 Å². The number of carbonyl (C=O) groups is 1. The van der Waals surface area contributed by atoms with Gasteiger partial charge in [-0.15, -0.1) is 0 Å². The van der Waals surface area contributed by atoms with Crippen molar-refractivity contribution in [2.24, 2.45) is 52.2 Å². The summed E-state index contributed by atoms with van der Waals surface area (Å²) in [5.41, 5.74) is -0.544. The van der Waals surface area contributed by atoms with Crippen LogP contribution in [0.4, 0.5) is 0 Å². The summed E-state index contributed by atoms with van der Waals surface area (Å²) >= 11 is 0. The van der Waals surface area contributed by atoms with E-state index < -0.39 is 5.60 Å². The van der Waals surface area contributed by atoms with Gasteiger partial charge in [0.15, 0.2) is 0 Å². The molecule has 0 spiro atoms. The van der Waals surface area contributed by atoms with Crippen LogP contribution in [0.1, 0.15) is 99.3 Å². The summed E-state index contributed by atoms with van der Waals surface area (Å²) in [5, 5.41) is 23.2. The Balaban J connectivity index is 1.50. The molecule has 6 nitrogen and oxygen atoms in total. The van der Waals surface area contributed by atoms with E-state index in [0.717, 1.165) is 51.4 Å². The van der Waals surface area contributed by atoms with Crippen molar-refractivity contribution in [3.05, 3.63) is 0 Å². The van der Waals surface area contributed by atoms with E-state index in [0.29, 0.717) is 36.0 Å². The fraction of sp³-hybridized carbons (Fsp3) is 0.964. The summed E-state index contributed by atoms with van der Waals surface area (Å²) in [6.45, 7) is 12.6. The van der Waals surface area contributed by atoms with Crippen LogP contribution in [0.2, 0.25) is 0 Å². The first-order chi connectivity index (χ1) is 15.8. The minimum Gasteiger partial charge on any atom is -0.460 e. The van der Waals surface area contributed by atoms with Crippen molar-refractivity contribution in [2.75, 3.05) is 0 Å². The van der Waals surface area contributed by atoms with Crippen LogP contribution in [-0.4, -0.2) is 40.1 Å². The molecule has 0 aromatic heterocycles. The van der Waals surface area contributed by atoms with Gasteiger partial charge in [0.25, 0.3) is 0 Å².